The summed E-state index contributed by atoms with van der Waals surface area (Å²) in [6, 6.07) is 0. The second-order valence-corrected chi connectivity index (χ2v) is 17.2. The molecule has 0 spiro atoms. The molecule has 2 unspecified atom stereocenters. The number of ether oxygens (including phenoxy) is 2. The molecular weight excluding hydrogens is 685 g/mol. The highest BCUT2D eigenvalue weighted by Gasteiger charge is 2.19. The molecule has 0 bridgehead atoms. The van der Waals surface area contributed by atoms with Crippen molar-refractivity contribution in [3.8, 4) is 0 Å². The van der Waals surface area contributed by atoms with Crippen molar-refractivity contribution in [3.05, 3.63) is 36.6 Å². The van der Waals surface area contributed by atoms with Gasteiger partial charge in [0.25, 0.3) is 7.82 Å². The fraction of sp³-hybridized carbons (Fsp3) is 0.841. The number of hydrogen-bond donors (Lipinski definition) is 0. The molecule has 53 heavy (non-hydrogen) atoms. The highest BCUT2D eigenvalue weighted by molar-refractivity contribution is 7.45. The van der Waals surface area contributed by atoms with Crippen LogP contribution in [0.4, 0.5) is 0 Å². The Morgan fingerprint density at radius 2 is 1.06 bits per heavy atom. The first-order chi connectivity index (χ1) is 25.6. The van der Waals surface area contributed by atoms with Gasteiger partial charge in [0.15, 0.2) is 6.10 Å². The summed E-state index contributed by atoms with van der Waals surface area (Å²) in [5.41, 5.74) is 0. The molecule has 0 aliphatic heterocycles. The molecule has 0 N–H and O–H groups in total. The molecule has 8 nitrogen and oxygen atoms in total. The van der Waals surface area contributed by atoms with Crippen molar-refractivity contribution >= 4 is 13.8 Å². The maximum absolute atomic E-state index is 12.5. The molecule has 2 atom stereocenters. The summed E-state index contributed by atoms with van der Waals surface area (Å²) in [5, 5.41) is 0. The summed E-state index contributed by atoms with van der Waals surface area (Å²) in [5.74, 6) is -0.305. The van der Waals surface area contributed by atoms with Gasteiger partial charge in [-0.1, -0.05) is 154 Å². The second-order valence-electron chi connectivity index (χ2n) is 15.8. The first kappa shape index (κ1) is 51.6. The molecule has 0 aromatic rings. The molecule has 312 valence electrons. The Bertz CT molecular complexity index is 947. The van der Waals surface area contributed by atoms with Gasteiger partial charge in [0.1, 0.15) is 19.8 Å². The van der Waals surface area contributed by atoms with Crippen molar-refractivity contribution in [2.24, 2.45) is 0 Å². The van der Waals surface area contributed by atoms with Crippen molar-refractivity contribution < 1.29 is 37.3 Å². The van der Waals surface area contributed by atoms with E-state index in [0.29, 0.717) is 17.4 Å². The lowest BCUT2D eigenvalue weighted by molar-refractivity contribution is -0.870. The zero-order valence-corrected chi connectivity index (χ0v) is 36.1. The Morgan fingerprint density at radius 1 is 0.604 bits per heavy atom. The standard InChI is InChI=1S/C44H84NO7P/c1-6-8-10-12-14-16-18-20-22-24-26-28-30-32-34-36-39-49-43(42-52-53(47,48)51-40-38-45(3,4)5)41-50-44(46)37-35-33-31-29-27-25-23-21-19-17-15-13-11-9-7-2/h15,17,21,23,36,39,43H,6-14,16,18-20,22,24-35,37-38,40-42H2,1-5H3/b17-15-,23-21-,39-36-. The summed E-state index contributed by atoms with van der Waals surface area (Å²) in [6.07, 6.45) is 43.9. The first-order valence-electron chi connectivity index (χ1n) is 21.8. The highest BCUT2D eigenvalue weighted by atomic mass is 31.2. The van der Waals surface area contributed by atoms with E-state index in [0.717, 1.165) is 57.8 Å². The molecule has 0 fully saturated rings. The van der Waals surface area contributed by atoms with E-state index in [4.69, 9.17) is 18.5 Å². The molecule has 0 aliphatic carbocycles. The molecule has 0 saturated carbocycles. The normalized spacial score (nSPS) is 14.1. The van der Waals surface area contributed by atoms with Crippen molar-refractivity contribution in [1.82, 2.24) is 0 Å². The fourth-order valence-corrected chi connectivity index (χ4v) is 6.52. The number of quaternary nitrogens is 1. The second kappa shape index (κ2) is 37.5. The van der Waals surface area contributed by atoms with Crippen molar-refractivity contribution in [2.75, 3.05) is 47.5 Å². The number of phosphoric acid groups is 1. The van der Waals surface area contributed by atoms with Crippen LogP contribution in [-0.4, -0.2) is 64.1 Å². The zero-order valence-electron chi connectivity index (χ0n) is 35.2. The number of carbonyl (C=O) groups excluding carboxylic acids is 1. The van der Waals surface area contributed by atoms with Crippen molar-refractivity contribution in [1.29, 1.82) is 0 Å². The van der Waals surface area contributed by atoms with Crippen LogP contribution in [-0.2, 0) is 27.9 Å². The predicted molar refractivity (Wildman–Crippen MR) is 222 cm³/mol. The van der Waals surface area contributed by atoms with Crippen LogP contribution in [0.25, 0.3) is 0 Å². The van der Waals surface area contributed by atoms with Gasteiger partial charge < -0.3 is 27.9 Å². The number of allylic oxidation sites excluding steroid dienone is 5. The monoisotopic (exact) mass is 770 g/mol. The van der Waals surface area contributed by atoms with E-state index in [1.165, 1.54) is 109 Å². The van der Waals surface area contributed by atoms with Crippen molar-refractivity contribution in [2.45, 2.75) is 193 Å². The van der Waals surface area contributed by atoms with Gasteiger partial charge in [0.05, 0.1) is 34.0 Å². The van der Waals surface area contributed by atoms with Gasteiger partial charge in [0.2, 0.25) is 0 Å². The summed E-state index contributed by atoms with van der Waals surface area (Å²) >= 11 is 0. The van der Waals surface area contributed by atoms with Crippen molar-refractivity contribution in [3.63, 3.8) is 0 Å². The van der Waals surface area contributed by atoms with Crippen LogP contribution in [0.2, 0.25) is 0 Å². The number of rotatable bonds is 40. The summed E-state index contributed by atoms with van der Waals surface area (Å²) < 4.78 is 34.3. The quantitative estimate of drug-likeness (QED) is 0.0153. The van der Waals surface area contributed by atoms with Gasteiger partial charge in [-0.2, -0.15) is 0 Å². The molecule has 0 rings (SSSR count). The molecule has 0 amide bonds. The largest absolute Gasteiger partial charge is 0.756 e. The Labute approximate surface area is 327 Å². The number of hydrogen-bond acceptors (Lipinski definition) is 7. The van der Waals surface area contributed by atoms with Crippen LogP contribution in [0.3, 0.4) is 0 Å². The maximum atomic E-state index is 12.5. The van der Waals surface area contributed by atoms with E-state index in [-0.39, 0.29) is 25.8 Å². The van der Waals surface area contributed by atoms with Gasteiger partial charge in [-0.25, -0.2) is 0 Å². The smallest absolute Gasteiger partial charge is 0.305 e. The molecule has 0 aromatic carbocycles. The number of esters is 1. The average Bonchev–Trinajstić information content (AvgIpc) is 3.11. The maximum Gasteiger partial charge on any atom is 0.305 e. The molecule has 9 heteroatoms. The Balaban J connectivity index is 4.31. The van der Waals surface area contributed by atoms with Gasteiger partial charge in [-0.15, -0.1) is 0 Å². The van der Waals surface area contributed by atoms with E-state index in [1.807, 2.05) is 27.2 Å². The lowest BCUT2D eigenvalue weighted by Crippen LogP contribution is -2.37. The Morgan fingerprint density at radius 3 is 1.58 bits per heavy atom. The third-order valence-electron chi connectivity index (χ3n) is 9.28. The summed E-state index contributed by atoms with van der Waals surface area (Å²) in [4.78, 5) is 24.8. The molecular formula is C44H84NO7P. The number of likely N-dealkylation sites (N-methyl/N-ethyl adjacent to an activating group) is 1. The number of phosphoric ester groups is 1. The lowest BCUT2D eigenvalue weighted by atomic mass is 10.0. The molecule has 0 aliphatic rings. The highest BCUT2D eigenvalue weighted by Crippen LogP contribution is 2.38. The van der Waals surface area contributed by atoms with Crippen LogP contribution in [0.5, 0.6) is 0 Å². The molecule has 0 aromatic heterocycles. The minimum atomic E-state index is -4.52. The van der Waals surface area contributed by atoms with E-state index < -0.39 is 13.9 Å². The third-order valence-corrected chi connectivity index (χ3v) is 10.2. The van der Waals surface area contributed by atoms with Crippen LogP contribution in [0, 0.1) is 0 Å². The molecule has 0 saturated heterocycles. The van der Waals surface area contributed by atoms with E-state index in [1.54, 1.807) is 6.26 Å². The van der Waals surface area contributed by atoms with Gasteiger partial charge in [-0.05, 0) is 57.4 Å². The average molecular weight is 770 g/mol. The van der Waals surface area contributed by atoms with Crippen LogP contribution in [0.15, 0.2) is 36.6 Å². The lowest BCUT2D eigenvalue weighted by Gasteiger charge is -2.28. The van der Waals surface area contributed by atoms with Crippen LogP contribution in [0.1, 0.15) is 187 Å². The zero-order chi connectivity index (χ0) is 39.1. The Kier molecular flexibility index (Phi) is 36.5. The predicted octanol–water partition coefficient (Wildman–Crippen LogP) is 12.3. The minimum Gasteiger partial charge on any atom is -0.756 e. The third kappa shape index (κ3) is 41.6. The first-order valence-corrected chi connectivity index (χ1v) is 23.2. The number of unbranched alkanes of at least 4 members (excludes halogenated alkanes) is 22. The Hall–Kier alpha value is -1.44. The van der Waals surface area contributed by atoms with E-state index in [9.17, 15) is 14.3 Å². The minimum absolute atomic E-state index is 0.0252. The van der Waals surface area contributed by atoms with Gasteiger partial charge in [0, 0.05) is 6.42 Å². The molecule has 0 heterocycles. The topological polar surface area (TPSA) is 94.1 Å². The van der Waals surface area contributed by atoms with Crippen LogP contribution >= 0.6 is 7.82 Å². The molecule has 0 radical (unpaired) electrons. The SMILES string of the molecule is CCCCC/C=C\C/C=C\CCCCCCCC(=O)OCC(COP(=O)([O-])OCC[N+](C)(C)C)O/C=C\CCCCCCCCCCCCCCCC. The summed E-state index contributed by atoms with van der Waals surface area (Å²) in [6.45, 7) is 4.68. The number of nitrogens with zero attached hydrogens (tertiary/aromatic N) is 1. The van der Waals surface area contributed by atoms with Gasteiger partial charge in [-0.3, -0.25) is 9.36 Å². The fourth-order valence-electron chi connectivity index (χ4n) is 5.80. The van der Waals surface area contributed by atoms with E-state index in [2.05, 4.69) is 38.2 Å². The number of carbonyl (C=O) groups is 1. The van der Waals surface area contributed by atoms with Gasteiger partial charge >= 0.3 is 5.97 Å². The van der Waals surface area contributed by atoms with Crippen LogP contribution < -0.4 is 4.89 Å². The van der Waals surface area contributed by atoms with E-state index >= 15 is 0 Å². The summed E-state index contributed by atoms with van der Waals surface area (Å²) in [7, 11) is 1.35.